The van der Waals surface area contributed by atoms with Crippen LogP contribution in [0.3, 0.4) is 0 Å². The van der Waals surface area contributed by atoms with Crippen LogP contribution in [0.15, 0.2) is 97.2 Å². The maximum Gasteiger partial charge on any atom is 0.228 e. The molecule has 176 valence electrons. The smallest absolute Gasteiger partial charge is 0.228 e. The second-order valence-corrected chi connectivity index (χ2v) is 10.2. The van der Waals surface area contributed by atoms with Gasteiger partial charge in [-0.05, 0) is 48.4 Å². The Balaban J connectivity index is 1.50. The minimum atomic E-state index is 0.908. The molecular weight excluding hydrogens is 452 g/mol. The highest BCUT2D eigenvalue weighted by Crippen LogP contribution is 2.51. The van der Waals surface area contributed by atoms with Crippen molar-refractivity contribution in [1.29, 1.82) is 0 Å². The van der Waals surface area contributed by atoms with Crippen molar-refractivity contribution < 1.29 is 9.30 Å². The molecule has 3 heteroatoms. The van der Waals surface area contributed by atoms with E-state index >= 15 is 0 Å². The number of pyridine rings is 1. The number of para-hydroxylation sites is 2. The van der Waals surface area contributed by atoms with Gasteiger partial charge in [-0.15, -0.1) is 0 Å². The maximum atomic E-state index is 6.86. The van der Waals surface area contributed by atoms with Crippen molar-refractivity contribution >= 4 is 43.4 Å². The Morgan fingerprint density at radius 3 is 1.95 bits per heavy atom. The summed E-state index contributed by atoms with van der Waals surface area (Å²) in [6.45, 7) is 4.41. The molecule has 5 aromatic carbocycles. The second kappa shape index (κ2) is 7.21. The normalized spacial score (nSPS) is 12.4. The Bertz CT molecular complexity index is 2040. The molecule has 2 aromatic heterocycles. The van der Waals surface area contributed by atoms with Crippen molar-refractivity contribution in [3.8, 4) is 28.4 Å². The van der Waals surface area contributed by atoms with Crippen LogP contribution in [-0.4, -0.2) is 4.57 Å². The summed E-state index contributed by atoms with van der Waals surface area (Å²) in [6, 6.07) is 32.7. The molecule has 3 nitrogen and oxygen atoms in total. The highest BCUT2D eigenvalue weighted by molar-refractivity contribution is 6.11. The molecule has 0 bridgehead atoms. The summed E-state index contributed by atoms with van der Waals surface area (Å²) in [5, 5.41) is 7.39. The van der Waals surface area contributed by atoms with Crippen LogP contribution in [0.25, 0.3) is 60.3 Å². The molecule has 0 unspecified atom stereocenters. The van der Waals surface area contributed by atoms with E-state index < -0.39 is 0 Å². The number of hydrogen-bond acceptors (Lipinski definition) is 1. The molecule has 0 aliphatic carbocycles. The number of rotatable bonds is 1. The van der Waals surface area contributed by atoms with E-state index in [9.17, 15) is 0 Å². The maximum absolute atomic E-state index is 6.86. The van der Waals surface area contributed by atoms with Crippen molar-refractivity contribution in [1.82, 2.24) is 4.57 Å². The number of hydrogen-bond donors (Lipinski definition) is 0. The predicted molar refractivity (Wildman–Crippen MR) is 152 cm³/mol. The molecule has 0 amide bonds. The standard InChI is InChI=1S/C34H25N2O/c1-20-24-10-4-5-11-25(24)21(2)34-31(20)33-32-22(16-17-35(33)3)18-23(19-30(32)37-34)36-28-14-8-6-12-26(28)27-13-7-9-15-29(27)36/h4-19H,1-3H3/q+1. The second-order valence-electron chi connectivity index (χ2n) is 10.2. The first-order chi connectivity index (χ1) is 18.1. The third kappa shape index (κ3) is 2.63. The molecule has 37 heavy (non-hydrogen) atoms. The lowest BCUT2D eigenvalue weighted by Crippen LogP contribution is -2.32. The molecule has 0 radical (unpaired) electrons. The molecular formula is C34H25N2O+. The van der Waals surface area contributed by atoms with Gasteiger partial charge in [0.2, 0.25) is 5.69 Å². The quantitative estimate of drug-likeness (QED) is 0.217. The minimum Gasteiger partial charge on any atom is -0.455 e. The lowest BCUT2D eigenvalue weighted by Gasteiger charge is -2.24. The zero-order valence-corrected chi connectivity index (χ0v) is 21.0. The molecule has 1 aliphatic heterocycles. The van der Waals surface area contributed by atoms with Gasteiger partial charge in [0.15, 0.2) is 6.20 Å². The van der Waals surface area contributed by atoms with Crippen LogP contribution in [-0.2, 0) is 7.05 Å². The summed E-state index contributed by atoms with van der Waals surface area (Å²) in [4.78, 5) is 0. The van der Waals surface area contributed by atoms with Gasteiger partial charge >= 0.3 is 0 Å². The average Bonchev–Trinajstić information content (AvgIpc) is 3.27. The Labute approximate surface area is 214 Å². The van der Waals surface area contributed by atoms with Crippen molar-refractivity contribution in [2.24, 2.45) is 7.05 Å². The van der Waals surface area contributed by atoms with Crippen LogP contribution in [0.1, 0.15) is 11.1 Å². The van der Waals surface area contributed by atoms with Crippen LogP contribution in [0, 0.1) is 13.8 Å². The number of aromatic nitrogens is 2. The highest BCUT2D eigenvalue weighted by atomic mass is 16.5. The van der Waals surface area contributed by atoms with E-state index in [0.29, 0.717) is 0 Å². The van der Waals surface area contributed by atoms with Gasteiger partial charge in [0.25, 0.3) is 0 Å². The summed E-state index contributed by atoms with van der Waals surface area (Å²) >= 11 is 0. The van der Waals surface area contributed by atoms with Gasteiger partial charge in [-0.3, -0.25) is 0 Å². The van der Waals surface area contributed by atoms with Crippen LogP contribution in [0.2, 0.25) is 0 Å². The van der Waals surface area contributed by atoms with Crippen molar-refractivity contribution in [2.45, 2.75) is 13.8 Å². The Morgan fingerprint density at radius 1 is 0.676 bits per heavy atom. The van der Waals surface area contributed by atoms with Crippen LogP contribution >= 0.6 is 0 Å². The fourth-order valence-electron chi connectivity index (χ4n) is 6.44. The molecule has 0 saturated carbocycles. The summed E-state index contributed by atoms with van der Waals surface area (Å²) < 4.78 is 11.5. The van der Waals surface area contributed by atoms with Gasteiger partial charge in [-0.1, -0.05) is 60.7 Å². The summed E-state index contributed by atoms with van der Waals surface area (Å²) in [6.07, 6.45) is 2.18. The number of nitrogens with zero attached hydrogens (tertiary/aromatic N) is 2. The fraction of sp³-hybridized carbons (Fsp3) is 0.0882. The predicted octanol–water partition coefficient (Wildman–Crippen LogP) is 8.30. The summed E-state index contributed by atoms with van der Waals surface area (Å²) in [5.41, 5.74) is 8.36. The molecule has 7 aromatic rings. The van der Waals surface area contributed by atoms with Crippen LogP contribution in [0.4, 0.5) is 0 Å². The number of benzene rings is 5. The Hall–Kier alpha value is -4.63. The van der Waals surface area contributed by atoms with Crippen LogP contribution in [0.5, 0.6) is 11.5 Å². The van der Waals surface area contributed by atoms with Gasteiger partial charge in [0.1, 0.15) is 18.5 Å². The first-order valence-electron chi connectivity index (χ1n) is 12.8. The molecule has 0 atom stereocenters. The molecule has 1 aliphatic rings. The van der Waals surface area contributed by atoms with Crippen molar-refractivity contribution in [3.05, 3.63) is 108 Å². The Kier molecular flexibility index (Phi) is 4.00. The van der Waals surface area contributed by atoms with Gasteiger partial charge < -0.3 is 9.30 Å². The first kappa shape index (κ1) is 20.6. The fourth-order valence-corrected chi connectivity index (χ4v) is 6.44. The van der Waals surface area contributed by atoms with E-state index in [1.165, 1.54) is 65.7 Å². The molecule has 0 spiro atoms. The summed E-state index contributed by atoms with van der Waals surface area (Å²) in [5.74, 6) is 1.87. The SMILES string of the molecule is Cc1c2c(c(C)c3ccccc13)-c1c3c(cc(-n4c5ccccc5c5ccccc54)cc3cc[n+]1C)O2. The molecule has 0 saturated heterocycles. The summed E-state index contributed by atoms with van der Waals surface area (Å²) in [7, 11) is 2.14. The highest BCUT2D eigenvalue weighted by Gasteiger charge is 2.32. The number of aryl methyl sites for hydroxylation is 3. The lowest BCUT2D eigenvalue weighted by molar-refractivity contribution is -0.659. The van der Waals surface area contributed by atoms with E-state index in [4.69, 9.17) is 4.74 Å². The van der Waals surface area contributed by atoms with Gasteiger partial charge in [0, 0.05) is 33.9 Å². The van der Waals surface area contributed by atoms with E-state index in [0.717, 1.165) is 17.2 Å². The van der Waals surface area contributed by atoms with Crippen LogP contribution < -0.4 is 9.30 Å². The van der Waals surface area contributed by atoms with E-state index in [2.05, 4.69) is 127 Å². The molecule has 0 N–H and O–H groups in total. The first-order valence-corrected chi connectivity index (χ1v) is 12.8. The Morgan fingerprint density at radius 2 is 1.27 bits per heavy atom. The molecule has 3 heterocycles. The van der Waals surface area contributed by atoms with Gasteiger partial charge in [-0.2, -0.15) is 0 Å². The third-order valence-corrected chi connectivity index (χ3v) is 8.15. The van der Waals surface area contributed by atoms with E-state index in [-0.39, 0.29) is 0 Å². The lowest BCUT2D eigenvalue weighted by atomic mass is 9.89. The monoisotopic (exact) mass is 477 g/mol. The minimum absolute atomic E-state index is 0.908. The number of ether oxygens (including phenoxy) is 1. The van der Waals surface area contributed by atoms with Crippen molar-refractivity contribution in [3.63, 3.8) is 0 Å². The van der Waals surface area contributed by atoms with E-state index in [1.54, 1.807) is 0 Å². The van der Waals surface area contributed by atoms with Gasteiger partial charge in [0.05, 0.1) is 27.7 Å². The number of fused-ring (bicyclic) bond motifs is 6. The zero-order valence-electron chi connectivity index (χ0n) is 21.0. The van der Waals surface area contributed by atoms with Crippen molar-refractivity contribution in [2.75, 3.05) is 0 Å². The molecule has 8 rings (SSSR count). The van der Waals surface area contributed by atoms with Gasteiger partial charge in [-0.25, -0.2) is 4.57 Å². The average molecular weight is 478 g/mol. The molecule has 0 fully saturated rings. The topological polar surface area (TPSA) is 18.0 Å². The third-order valence-electron chi connectivity index (χ3n) is 8.15. The largest absolute Gasteiger partial charge is 0.455 e. The zero-order chi connectivity index (χ0) is 24.8. The van der Waals surface area contributed by atoms with E-state index in [1.807, 2.05) is 0 Å².